The van der Waals surface area contributed by atoms with Crippen molar-refractivity contribution in [3.63, 3.8) is 0 Å². The fourth-order valence-corrected chi connectivity index (χ4v) is 3.20. The van der Waals surface area contributed by atoms with Crippen molar-refractivity contribution in [2.45, 2.75) is 31.9 Å². The van der Waals surface area contributed by atoms with Crippen molar-refractivity contribution in [1.29, 1.82) is 0 Å². The van der Waals surface area contributed by atoms with Crippen LogP contribution in [-0.2, 0) is 4.79 Å². The van der Waals surface area contributed by atoms with E-state index < -0.39 is 18.4 Å². The molecule has 3 rings (SSSR count). The van der Waals surface area contributed by atoms with Crippen molar-refractivity contribution < 1.29 is 13.6 Å². The quantitative estimate of drug-likeness (QED) is 0.876. The van der Waals surface area contributed by atoms with E-state index in [0.717, 1.165) is 21.9 Å². The number of aromatic nitrogens is 3. The number of rotatable bonds is 3. The molecule has 2 aromatic heterocycles. The topological polar surface area (TPSA) is 77.0 Å². The van der Waals surface area contributed by atoms with Crippen molar-refractivity contribution in [2.24, 2.45) is 0 Å². The van der Waals surface area contributed by atoms with Crippen molar-refractivity contribution in [3.05, 3.63) is 30.6 Å². The molecule has 8 heteroatoms. The van der Waals surface area contributed by atoms with Crippen LogP contribution < -0.4 is 5.73 Å². The smallest absolute Gasteiger partial charge is 0.258 e. The number of carbonyl (C=O) groups is 1. The minimum absolute atomic E-state index is 0.135. The van der Waals surface area contributed by atoms with E-state index in [-0.39, 0.29) is 19.0 Å². The van der Waals surface area contributed by atoms with Gasteiger partial charge in [-0.05, 0) is 25.5 Å². The number of alkyl halides is 2. The summed E-state index contributed by atoms with van der Waals surface area (Å²) in [5.41, 5.74) is 7.30. The molecule has 1 aliphatic heterocycles. The summed E-state index contributed by atoms with van der Waals surface area (Å²) >= 11 is 0. The van der Waals surface area contributed by atoms with Crippen molar-refractivity contribution in [3.8, 4) is 0 Å². The number of fused-ring (bicyclic) bond motifs is 1. The number of amides is 1. The summed E-state index contributed by atoms with van der Waals surface area (Å²) in [5, 5.41) is 5.15. The average Bonchev–Trinajstić information content (AvgIpc) is 3.09. The van der Waals surface area contributed by atoms with Gasteiger partial charge in [-0.15, -0.1) is 0 Å². The Balaban J connectivity index is 2.02. The third-order valence-corrected chi connectivity index (χ3v) is 4.24. The van der Waals surface area contributed by atoms with E-state index >= 15 is 0 Å². The van der Waals surface area contributed by atoms with Crippen LogP contribution in [0.3, 0.4) is 0 Å². The van der Waals surface area contributed by atoms with Crippen LogP contribution in [0.25, 0.3) is 10.9 Å². The molecule has 0 bridgehead atoms. The number of nitrogens with zero attached hydrogens (tertiary/aromatic N) is 4. The number of aryl methyl sites for hydroxylation is 1. The fourth-order valence-electron chi connectivity index (χ4n) is 3.20. The summed E-state index contributed by atoms with van der Waals surface area (Å²) < 4.78 is 28.2. The Morgan fingerprint density at radius 2 is 2.30 bits per heavy atom. The molecule has 0 spiro atoms. The van der Waals surface area contributed by atoms with Crippen molar-refractivity contribution >= 4 is 22.6 Å². The summed E-state index contributed by atoms with van der Waals surface area (Å²) in [4.78, 5) is 17.0. The zero-order valence-corrected chi connectivity index (χ0v) is 12.6. The molecule has 23 heavy (non-hydrogen) atoms. The molecule has 2 unspecified atom stereocenters. The van der Waals surface area contributed by atoms with Crippen LogP contribution in [0.5, 0.6) is 0 Å². The Hall–Kier alpha value is -2.51. The van der Waals surface area contributed by atoms with E-state index in [1.165, 1.54) is 0 Å². The minimum Gasteiger partial charge on any atom is -0.383 e. The minimum atomic E-state index is -2.61. The van der Waals surface area contributed by atoms with Crippen LogP contribution in [0.15, 0.2) is 24.9 Å². The highest BCUT2D eigenvalue weighted by Crippen LogP contribution is 2.34. The number of hydrogen-bond acceptors (Lipinski definition) is 4. The van der Waals surface area contributed by atoms with Crippen LogP contribution in [0.4, 0.5) is 14.6 Å². The van der Waals surface area contributed by atoms with E-state index in [0.29, 0.717) is 11.5 Å². The van der Waals surface area contributed by atoms with Gasteiger partial charge in [0.05, 0.1) is 28.7 Å². The third-order valence-electron chi connectivity index (χ3n) is 4.24. The molecule has 2 N–H and O–H groups in total. The second kappa shape index (κ2) is 5.60. The molecule has 2 atom stereocenters. The Kier molecular flexibility index (Phi) is 3.75. The molecule has 0 saturated carbocycles. The predicted octanol–water partition coefficient (Wildman–Crippen LogP) is 1.92. The molecule has 1 aliphatic rings. The van der Waals surface area contributed by atoms with Gasteiger partial charge in [0.15, 0.2) is 0 Å². The Morgan fingerprint density at radius 3 is 2.96 bits per heavy atom. The number of nitrogens with two attached hydrogens (primary N) is 1. The number of likely N-dealkylation sites (tertiary alicyclic amines) is 1. The number of hydrogen-bond donors (Lipinski definition) is 1. The van der Waals surface area contributed by atoms with Gasteiger partial charge in [-0.1, -0.05) is 6.58 Å². The summed E-state index contributed by atoms with van der Waals surface area (Å²) in [7, 11) is 0. The number of halogens is 2. The van der Waals surface area contributed by atoms with Gasteiger partial charge in [-0.25, -0.2) is 13.8 Å². The van der Waals surface area contributed by atoms with Gasteiger partial charge < -0.3 is 10.6 Å². The highest BCUT2D eigenvalue weighted by atomic mass is 19.3. The molecule has 1 fully saturated rings. The average molecular weight is 321 g/mol. The fraction of sp³-hybridized carbons (Fsp3) is 0.400. The second-order valence-corrected chi connectivity index (χ2v) is 5.61. The van der Waals surface area contributed by atoms with E-state index in [1.54, 1.807) is 23.9 Å². The van der Waals surface area contributed by atoms with E-state index in [9.17, 15) is 13.6 Å². The van der Waals surface area contributed by atoms with Gasteiger partial charge in [0.1, 0.15) is 5.82 Å². The van der Waals surface area contributed by atoms with Gasteiger partial charge in [0.2, 0.25) is 5.91 Å². The Bertz CT molecular complexity index is 773. The van der Waals surface area contributed by atoms with Crippen LogP contribution >= 0.6 is 0 Å². The molecule has 0 aliphatic carbocycles. The first-order valence-electron chi connectivity index (χ1n) is 7.24. The maximum Gasteiger partial charge on any atom is 0.258 e. The van der Waals surface area contributed by atoms with Gasteiger partial charge in [0.25, 0.3) is 6.43 Å². The van der Waals surface area contributed by atoms with Gasteiger partial charge in [-0.2, -0.15) is 5.10 Å². The van der Waals surface area contributed by atoms with E-state index in [2.05, 4.69) is 16.7 Å². The van der Waals surface area contributed by atoms with E-state index in [1.807, 2.05) is 0 Å². The van der Waals surface area contributed by atoms with Gasteiger partial charge in [-0.3, -0.25) is 9.48 Å². The third kappa shape index (κ3) is 2.43. The number of nitrogen functional groups attached to an aromatic ring is 1. The summed E-state index contributed by atoms with van der Waals surface area (Å²) in [5.74, 6) is -0.138. The van der Waals surface area contributed by atoms with Crippen LogP contribution in [0.1, 0.15) is 18.2 Å². The Labute approximate surface area is 131 Å². The molecule has 2 aromatic rings. The molecule has 0 radical (unpaired) electrons. The second-order valence-electron chi connectivity index (χ2n) is 5.61. The van der Waals surface area contributed by atoms with Crippen molar-refractivity contribution in [2.75, 3.05) is 12.3 Å². The normalized spacial score (nSPS) is 21.3. The lowest BCUT2D eigenvalue weighted by Crippen LogP contribution is -2.38. The first-order chi connectivity index (χ1) is 10.9. The molecule has 1 amide bonds. The highest BCUT2D eigenvalue weighted by molar-refractivity contribution is 5.91. The van der Waals surface area contributed by atoms with Crippen LogP contribution in [-0.4, -0.2) is 44.6 Å². The predicted molar refractivity (Wildman–Crippen MR) is 82.0 cm³/mol. The monoisotopic (exact) mass is 321 g/mol. The molecule has 6 nitrogen and oxygen atoms in total. The largest absolute Gasteiger partial charge is 0.383 e. The first-order valence-corrected chi connectivity index (χ1v) is 7.24. The highest BCUT2D eigenvalue weighted by Gasteiger charge is 2.41. The number of anilines is 1. The van der Waals surface area contributed by atoms with Gasteiger partial charge in [0, 0.05) is 12.7 Å². The zero-order chi connectivity index (χ0) is 16.7. The summed E-state index contributed by atoms with van der Waals surface area (Å²) in [6.07, 6.45) is 0.141. The number of pyridine rings is 1. The maximum atomic E-state index is 13.3. The number of carbonyl (C=O) groups excluding carboxylic acids is 1. The summed E-state index contributed by atoms with van der Waals surface area (Å²) in [6, 6.07) is 0.279. The molecule has 0 aromatic carbocycles. The van der Waals surface area contributed by atoms with Gasteiger partial charge >= 0.3 is 0 Å². The Morgan fingerprint density at radius 1 is 1.57 bits per heavy atom. The lowest BCUT2D eigenvalue weighted by atomic mass is 10.1. The lowest BCUT2D eigenvalue weighted by molar-refractivity contribution is -0.129. The van der Waals surface area contributed by atoms with Crippen LogP contribution in [0.2, 0.25) is 0 Å². The SMILES string of the molecule is C=CC(=O)N1CC(n2nc(C)c3c(N)nccc32)CC1C(F)F. The molecule has 122 valence electrons. The lowest BCUT2D eigenvalue weighted by Gasteiger charge is -2.21. The molecule has 1 saturated heterocycles. The standard InChI is InChI=1S/C15H17F2N5O/c1-3-12(23)21-7-9(6-11(21)14(16)17)22-10-4-5-19-15(18)13(10)8(2)20-22/h3-5,9,11,14H,1,6-7H2,2H3,(H2,18,19). The van der Waals surface area contributed by atoms with E-state index in [4.69, 9.17) is 5.73 Å². The zero-order valence-electron chi connectivity index (χ0n) is 12.6. The first kappa shape index (κ1) is 15.4. The molecular weight excluding hydrogens is 304 g/mol. The van der Waals surface area contributed by atoms with Crippen LogP contribution in [0, 0.1) is 6.92 Å². The van der Waals surface area contributed by atoms with Crippen molar-refractivity contribution in [1.82, 2.24) is 19.7 Å². The maximum absolute atomic E-state index is 13.3. The molecular formula is C15H17F2N5O. The summed E-state index contributed by atoms with van der Waals surface area (Å²) in [6.45, 7) is 5.34. The molecule has 3 heterocycles.